The third kappa shape index (κ3) is 2.67. The second-order valence-electron chi connectivity index (χ2n) is 4.74. The van der Waals surface area contributed by atoms with Gasteiger partial charge in [0.2, 0.25) is 5.88 Å². The van der Waals surface area contributed by atoms with Crippen molar-refractivity contribution in [1.82, 2.24) is 15.3 Å². The predicted molar refractivity (Wildman–Crippen MR) is 72.7 cm³/mol. The van der Waals surface area contributed by atoms with Crippen LogP contribution in [0.15, 0.2) is 24.4 Å². The van der Waals surface area contributed by atoms with Crippen LogP contribution in [0.1, 0.15) is 12.8 Å². The molecule has 0 bridgehead atoms. The monoisotopic (exact) mass is 274 g/mol. The van der Waals surface area contributed by atoms with Crippen molar-refractivity contribution < 1.29 is 9.66 Å². The molecule has 1 aliphatic rings. The number of hydrogen-bond donors (Lipinski definition) is 1. The number of fused-ring (bicyclic) bond motifs is 1. The summed E-state index contributed by atoms with van der Waals surface area (Å²) in [6.45, 7) is 1.59. The molecule has 1 N–H and O–H groups in total. The molecule has 1 saturated heterocycles. The molecule has 0 saturated carbocycles. The second-order valence-corrected chi connectivity index (χ2v) is 4.74. The normalized spacial score (nSPS) is 18.3. The van der Waals surface area contributed by atoms with E-state index in [1.54, 1.807) is 6.07 Å². The summed E-state index contributed by atoms with van der Waals surface area (Å²) >= 11 is 0. The number of rotatable bonds is 4. The Morgan fingerprint density at radius 2 is 2.35 bits per heavy atom. The molecule has 2 aromatic rings. The number of benzene rings is 1. The topological polar surface area (TPSA) is 90.2 Å². The van der Waals surface area contributed by atoms with Gasteiger partial charge in [-0.25, -0.2) is 9.97 Å². The van der Waals surface area contributed by atoms with E-state index in [-0.39, 0.29) is 5.69 Å². The van der Waals surface area contributed by atoms with Crippen LogP contribution in [0.2, 0.25) is 0 Å². The van der Waals surface area contributed by atoms with E-state index in [0.717, 1.165) is 13.0 Å². The molecular weight excluding hydrogens is 260 g/mol. The van der Waals surface area contributed by atoms with Crippen LogP contribution in [0.4, 0.5) is 5.69 Å². The highest BCUT2D eigenvalue weighted by Gasteiger charge is 2.15. The summed E-state index contributed by atoms with van der Waals surface area (Å²) in [7, 11) is 0. The fourth-order valence-corrected chi connectivity index (χ4v) is 2.25. The average Bonchev–Trinajstić information content (AvgIpc) is 2.97. The average molecular weight is 274 g/mol. The number of ether oxygens (including phenoxy) is 1. The molecule has 3 rings (SSSR count). The van der Waals surface area contributed by atoms with Crippen molar-refractivity contribution in [3.63, 3.8) is 0 Å². The van der Waals surface area contributed by atoms with Crippen LogP contribution in [0, 0.1) is 10.1 Å². The molecule has 2 heterocycles. The number of nitro benzene ring substituents is 1. The van der Waals surface area contributed by atoms with Crippen molar-refractivity contribution in [3.05, 3.63) is 34.5 Å². The van der Waals surface area contributed by atoms with Crippen molar-refractivity contribution in [2.45, 2.75) is 18.9 Å². The van der Waals surface area contributed by atoms with E-state index in [4.69, 9.17) is 4.74 Å². The van der Waals surface area contributed by atoms with Crippen LogP contribution in [0.5, 0.6) is 5.88 Å². The van der Waals surface area contributed by atoms with Crippen LogP contribution < -0.4 is 10.1 Å². The summed E-state index contributed by atoms with van der Waals surface area (Å²) in [5, 5.41) is 14.0. The van der Waals surface area contributed by atoms with Gasteiger partial charge in [-0.3, -0.25) is 10.1 Å². The second kappa shape index (κ2) is 5.38. The van der Waals surface area contributed by atoms with Crippen molar-refractivity contribution in [2.75, 3.05) is 13.2 Å². The SMILES string of the molecule is O=[N+]([O-])c1ccc2nc(OC[C@@H]3CCCN3)cnc2c1. The summed E-state index contributed by atoms with van der Waals surface area (Å²) < 4.78 is 5.61. The summed E-state index contributed by atoms with van der Waals surface area (Å²) in [6, 6.07) is 4.77. The lowest BCUT2D eigenvalue weighted by Crippen LogP contribution is -2.28. The minimum atomic E-state index is -0.447. The van der Waals surface area contributed by atoms with Crippen LogP contribution in [-0.2, 0) is 0 Å². The molecule has 1 fully saturated rings. The van der Waals surface area contributed by atoms with Crippen molar-refractivity contribution in [3.8, 4) is 5.88 Å². The van der Waals surface area contributed by atoms with Gasteiger partial charge in [0.15, 0.2) is 0 Å². The first kappa shape index (κ1) is 12.7. The number of nitro groups is 1. The smallest absolute Gasteiger partial charge is 0.271 e. The van der Waals surface area contributed by atoms with Crippen LogP contribution in [0.25, 0.3) is 11.0 Å². The molecule has 7 nitrogen and oxygen atoms in total. The minimum absolute atomic E-state index is 0.00984. The maximum atomic E-state index is 10.7. The molecule has 104 valence electrons. The zero-order valence-corrected chi connectivity index (χ0v) is 10.8. The van der Waals surface area contributed by atoms with E-state index in [0.29, 0.717) is 29.6 Å². The van der Waals surface area contributed by atoms with Crippen LogP contribution in [-0.4, -0.2) is 34.1 Å². The van der Waals surface area contributed by atoms with Gasteiger partial charge < -0.3 is 10.1 Å². The number of non-ortho nitro benzene ring substituents is 1. The van der Waals surface area contributed by atoms with Gasteiger partial charge >= 0.3 is 0 Å². The highest BCUT2D eigenvalue weighted by molar-refractivity contribution is 5.77. The highest BCUT2D eigenvalue weighted by atomic mass is 16.6. The van der Waals surface area contributed by atoms with E-state index in [2.05, 4.69) is 15.3 Å². The Morgan fingerprint density at radius 3 is 3.10 bits per heavy atom. The van der Waals surface area contributed by atoms with E-state index < -0.39 is 4.92 Å². The zero-order valence-electron chi connectivity index (χ0n) is 10.8. The summed E-state index contributed by atoms with van der Waals surface area (Å²) in [5.74, 6) is 0.444. The number of nitrogens with one attached hydrogen (secondary N) is 1. The molecule has 1 atom stereocenters. The van der Waals surface area contributed by atoms with Crippen LogP contribution in [0.3, 0.4) is 0 Å². The largest absolute Gasteiger partial charge is 0.475 e. The van der Waals surface area contributed by atoms with Gasteiger partial charge in [0, 0.05) is 18.2 Å². The standard InChI is InChI=1S/C13H14N4O3/c18-17(19)10-3-4-11-12(6-10)15-7-13(16-11)20-8-9-2-1-5-14-9/h3-4,6-7,9,14H,1-2,5,8H2/t9-/m0/s1. The van der Waals surface area contributed by atoms with Gasteiger partial charge in [0.1, 0.15) is 6.61 Å². The molecular formula is C13H14N4O3. The fraction of sp³-hybridized carbons (Fsp3) is 0.385. The van der Waals surface area contributed by atoms with Gasteiger partial charge in [-0.05, 0) is 25.5 Å². The van der Waals surface area contributed by atoms with Gasteiger partial charge in [0.05, 0.1) is 22.2 Å². The number of hydrogen-bond acceptors (Lipinski definition) is 6. The van der Waals surface area contributed by atoms with Crippen molar-refractivity contribution in [1.29, 1.82) is 0 Å². The summed E-state index contributed by atoms with van der Waals surface area (Å²) in [5.41, 5.74) is 1.09. The van der Waals surface area contributed by atoms with Gasteiger partial charge in [-0.2, -0.15) is 0 Å². The third-order valence-electron chi connectivity index (χ3n) is 3.31. The van der Waals surface area contributed by atoms with E-state index in [1.807, 2.05) is 0 Å². The summed E-state index contributed by atoms with van der Waals surface area (Å²) in [6.07, 6.45) is 3.77. The van der Waals surface area contributed by atoms with Crippen molar-refractivity contribution >= 4 is 16.7 Å². The molecule has 1 aromatic carbocycles. The van der Waals surface area contributed by atoms with Gasteiger partial charge in [0.25, 0.3) is 5.69 Å². The Morgan fingerprint density at radius 1 is 1.45 bits per heavy atom. The first-order chi connectivity index (χ1) is 9.72. The molecule has 0 aliphatic carbocycles. The quantitative estimate of drug-likeness (QED) is 0.673. The molecule has 20 heavy (non-hydrogen) atoms. The zero-order chi connectivity index (χ0) is 13.9. The lowest BCUT2D eigenvalue weighted by molar-refractivity contribution is -0.384. The highest BCUT2D eigenvalue weighted by Crippen LogP contribution is 2.20. The first-order valence-corrected chi connectivity index (χ1v) is 6.50. The summed E-state index contributed by atoms with van der Waals surface area (Å²) in [4.78, 5) is 18.7. The number of nitrogens with zero attached hydrogens (tertiary/aromatic N) is 3. The van der Waals surface area contributed by atoms with E-state index >= 15 is 0 Å². The minimum Gasteiger partial charge on any atom is -0.475 e. The first-order valence-electron chi connectivity index (χ1n) is 6.50. The molecule has 1 aromatic heterocycles. The molecule has 0 amide bonds. The molecule has 0 unspecified atom stereocenters. The molecule has 0 spiro atoms. The Labute approximate surface area is 115 Å². The molecule has 0 radical (unpaired) electrons. The maximum absolute atomic E-state index is 10.7. The van der Waals surface area contributed by atoms with Gasteiger partial charge in [-0.15, -0.1) is 0 Å². The number of aromatic nitrogens is 2. The Balaban J connectivity index is 1.76. The van der Waals surface area contributed by atoms with Gasteiger partial charge in [-0.1, -0.05) is 0 Å². The van der Waals surface area contributed by atoms with Crippen molar-refractivity contribution in [2.24, 2.45) is 0 Å². The van der Waals surface area contributed by atoms with E-state index in [1.165, 1.54) is 24.8 Å². The lowest BCUT2D eigenvalue weighted by atomic mass is 10.2. The molecule has 1 aliphatic heterocycles. The third-order valence-corrected chi connectivity index (χ3v) is 3.31. The fourth-order valence-electron chi connectivity index (χ4n) is 2.25. The Kier molecular flexibility index (Phi) is 3.42. The van der Waals surface area contributed by atoms with E-state index in [9.17, 15) is 10.1 Å². The molecule has 7 heteroatoms. The Hall–Kier alpha value is -2.28. The Bertz CT molecular complexity index is 641. The lowest BCUT2D eigenvalue weighted by Gasteiger charge is -2.11. The predicted octanol–water partition coefficient (Wildman–Crippen LogP) is 1.67. The van der Waals surface area contributed by atoms with Crippen LogP contribution >= 0.6 is 0 Å². The maximum Gasteiger partial charge on any atom is 0.271 e.